The van der Waals surface area contributed by atoms with Gasteiger partial charge in [0.1, 0.15) is 18.1 Å². The largest absolute Gasteiger partial charge is 0.573 e. The van der Waals surface area contributed by atoms with E-state index in [9.17, 15) is 62.2 Å². The molecule has 0 aliphatic carbocycles. The van der Waals surface area contributed by atoms with Crippen molar-refractivity contribution in [3.63, 3.8) is 0 Å². The molecule has 0 heterocycles. The number of halogens is 13. The molecule has 1 N–H and O–H groups in total. The van der Waals surface area contributed by atoms with Crippen molar-refractivity contribution in [2.75, 3.05) is 11.4 Å². The summed E-state index contributed by atoms with van der Waals surface area (Å²) in [6, 6.07) is 11.8. The van der Waals surface area contributed by atoms with Gasteiger partial charge in [-0.3, -0.25) is 0 Å². The molecule has 0 spiro atoms. The first kappa shape index (κ1) is 34.6. The van der Waals surface area contributed by atoms with Crippen molar-refractivity contribution >= 4 is 5.69 Å². The molecule has 3 aromatic carbocycles. The number of benzene rings is 3. The Balaban J connectivity index is 1.89. The van der Waals surface area contributed by atoms with Crippen molar-refractivity contribution in [2.45, 2.75) is 49.8 Å². The number of anilines is 1. The van der Waals surface area contributed by atoms with E-state index in [4.69, 9.17) is 4.74 Å². The number of nitrogens with zero attached hydrogens (tertiary/aromatic N) is 1. The van der Waals surface area contributed by atoms with Crippen LogP contribution in [0, 0.1) is 0 Å². The summed E-state index contributed by atoms with van der Waals surface area (Å²) in [5, 5.41) is 9.67. The van der Waals surface area contributed by atoms with Gasteiger partial charge in [0.15, 0.2) is 6.10 Å². The normalized spacial score (nSPS) is 13.9. The number of rotatable bonds is 11. The monoisotopic (exact) mass is 653 g/mol. The maximum atomic E-state index is 14.3. The van der Waals surface area contributed by atoms with Crippen LogP contribution in [0.25, 0.3) is 0 Å². The van der Waals surface area contributed by atoms with E-state index >= 15 is 0 Å². The van der Waals surface area contributed by atoms with Gasteiger partial charge in [-0.15, -0.1) is 13.2 Å². The zero-order chi connectivity index (χ0) is 33.1. The van der Waals surface area contributed by atoms with Crippen LogP contribution < -0.4 is 14.4 Å². The first-order valence-corrected chi connectivity index (χ1v) is 12.1. The average molecular weight is 653 g/mol. The lowest BCUT2D eigenvalue weighted by Gasteiger charge is -2.30. The molecule has 44 heavy (non-hydrogen) atoms. The van der Waals surface area contributed by atoms with Crippen LogP contribution in [0.5, 0.6) is 11.5 Å². The molecule has 0 aliphatic heterocycles. The van der Waals surface area contributed by atoms with E-state index in [0.29, 0.717) is 12.1 Å². The van der Waals surface area contributed by atoms with Crippen LogP contribution in [0.3, 0.4) is 0 Å². The Morgan fingerprint density at radius 2 is 1.27 bits per heavy atom. The fraction of sp³-hybridized carbons (Fsp3) is 0.333. The minimum atomic E-state index is -6.62. The highest BCUT2D eigenvalue weighted by molar-refractivity contribution is 5.52. The fourth-order valence-corrected chi connectivity index (χ4v) is 3.79. The predicted molar refractivity (Wildman–Crippen MR) is 128 cm³/mol. The number of hydrogen-bond donors (Lipinski definition) is 1. The van der Waals surface area contributed by atoms with Crippen molar-refractivity contribution < 1.29 is 71.7 Å². The van der Waals surface area contributed by atoms with Gasteiger partial charge in [-0.1, -0.05) is 36.4 Å². The van der Waals surface area contributed by atoms with Crippen LogP contribution in [-0.2, 0) is 19.1 Å². The zero-order valence-corrected chi connectivity index (χ0v) is 21.8. The Morgan fingerprint density at radius 3 is 1.89 bits per heavy atom. The smallest absolute Gasteiger partial charge is 0.489 e. The first-order valence-electron chi connectivity index (χ1n) is 12.1. The summed E-state index contributed by atoms with van der Waals surface area (Å²) in [5.74, 6) is -12.8. The maximum absolute atomic E-state index is 14.3. The number of alkyl halides is 13. The molecule has 4 nitrogen and oxygen atoms in total. The molecule has 242 valence electrons. The molecular weight excluding hydrogens is 633 g/mol. The van der Waals surface area contributed by atoms with Crippen molar-refractivity contribution in [3.05, 3.63) is 89.5 Å². The van der Waals surface area contributed by atoms with Crippen LogP contribution in [-0.4, -0.2) is 42.4 Å². The molecule has 0 saturated heterocycles. The van der Waals surface area contributed by atoms with Crippen LogP contribution in [0.15, 0.2) is 72.8 Å². The second-order valence-corrected chi connectivity index (χ2v) is 9.27. The molecule has 0 saturated carbocycles. The summed E-state index contributed by atoms with van der Waals surface area (Å²) in [5.41, 5.74) is -2.13. The number of aliphatic hydroxyl groups excluding tert-OH is 1. The summed E-state index contributed by atoms with van der Waals surface area (Å²) in [4.78, 5) is 0.780. The molecule has 0 radical (unpaired) electrons. The van der Waals surface area contributed by atoms with Crippen LogP contribution in [0.1, 0.15) is 16.7 Å². The van der Waals surface area contributed by atoms with E-state index in [0.717, 1.165) is 29.2 Å². The van der Waals surface area contributed by atoms with E-state index in [1.807, 2.05) is 0 Å². The first-order chi connectivity index (χ1) is 20.1. The third-order valence-electron chi connectivity index (χ3n) is 5.90. The van der Waals surface area contributed by atoms with E-state index in [1.165, 1.54) is 30.3 Å². The number of hydrogen-bond acceptors (Lipinski definition) is 4. The van der Waals surface area contributed by atoms with Crippen molar-refractivity contribution in [3.8, 4) is 11.5 Å². The summed E-state index contributed by atoms with van der Waals surface area (Å²) >= 11 is 0. The Bertz CT molecular complexity index is 1400. The molecule has 0 amide bonds. The summed E-state index contributed by atoms with van der Waals surface area (Å²) < 4.78 is 180. The number of ether oxygens (including phenoxy) is 2. The topological polar surface area (TPSA) is 41.9 Å². The second kappa shape index (κ2) is 12.6. The second-order valence-electron chi connectivity index (χ2n) is 9.27. The van der Waals surface area contributed by atoms with E-state index in [-0.39, 0.29) is 29.7 Å². The quantitative estimate of drug-likeness (QED) is 0.211. The van der Waals surface area contributed by atoms with Crippen LogP contribution in [0.2, 0.25) is 0 Å². The minimum Gasteiger partial charge on any atom is -0.489 e. The summed E-state index contributed by atoms with van der Waals surface area (Å²) in [7, 11) is 0. The highest BCUT2D eigenvalue weighted by atomic mass is 19.4. The van der Waals surface area contributed by atoms with E-state index in [1.54, 1.807) is 0 Å². The van der Waals surface area contributed by atoms with Crippen LogP contribution in [0.4, 0.5) is 62.8 Å². The third-order valence-corrected chi connectivity index (χ3v) is 5.90. The van der Waals surface area contributed by atoms with Crippen molar-refractivity contribution in [2.24, 2.45) is 0 Å². The molecule has 0 bridgehead atoms. The van der Waals surface area contributed by atoms with Gasteiger partial charge in [0.05, 0.1) is 6.54 Å². The Kier molecular flexibility index (Phi) is 9.92. The maximum Gasteiger partial charge on any atom is 0.573 e. The molecule has 3 rings (SSSR count). The van der Waals surface area contributed by atoms with Gasteiger partial charge in [-0.2, -0.15) is 43.9 Å². The zero-order valence-electron chi connectivity index (χ0n) is 21.8. The lowest BCUT2D eigenvalue weighted by Crippen LogP contribution is -2.50. The van der Waals surface area contributed by atoms with Crippen molar-refractivity contribution in [1.82, 2.24) is 0 Å². The predicted octanol–water partition coefficient (Wildman–Crippen LogP) is 8.38. The molecule has 1 atom stereocenters. The molecule has 0 aromatic heterocycles. The molecule has 17 heteroatoms. The number of aliphatic hydroxyl groups is 1. The van der Waals surface area contributed by atoms with Crippen LogP contribution >= 0.6 is 0 Å². The summed E-state index contributed by atoms with van der Waals surface area (Å²) in [6.45, 7) is -2.37. The van der Waals surface area contributed by atoms with Gasteiger partial charge in [-0.25, -0.2) is 0 Å². The van der Waals surface area contributed by atoms with Crippen molar-refractivity contribution in [1.29, 1.82) is 0 Å². The molecule has 0 fully saturated rings. The van der Waals surface area contributed by atoms with E-state index < -0.39 is 66.6 Å². The lowest BCUT2D eigenvalue weighted by atomic mass is 9.99. The Morgan fingerprint density at radius 1 is 0.682 bits per heavy atom. The van der Waals surface area contributed by atoms with Gasteiger partial charge in [0, 0.05) is 23.9 Å². The average Bonchev–Trinajstić information content (AvgIpc) is 2.90. The van der Waals surface area contributed by atoms with Gasteiger partial charge in [0.2, 0.25) is 0 Å². The van der Waals surface area contributed by atoms with Gasteiger partial charge in [0.25, 0.3) is 0 Å². The lowest BCUT2D eigenvalue weighted by molar-refractivity contribution is -0.359. The summed E-state index contributed by atoms with van der Waals surface area (Å²) in [6.07, 6.45) is -19.8. The molecule has 0 aliphatic rings. The van der Waals surface area contributed by atoms with Gasteiger partial charge >= 0.3 is 30.6 Å². The Labute approximate surface area is 240 Å². The van der Waals surface area contributed by atoms with Gasteiger partial charge < -0.3 is 19.5 Å². The minimum absolute atomic E-state index is 0.0544. The molecule has 3 aromatic rings. The highest BCUT2D eigenvalue weighted by Crippen LogP contribution is 2.51. The molecule has 1 unspecified atom stereocenters. The van der Waals surface area contributed by atoms with Gasteiger partial charge in [-0.05, 0) is 41.5 Å². The third kappa shape index (κ3) is 8.60. The van der Waals surface area contributed by atoms with E-state index in [2.05, 4.69) is 4.74 Å². The standard InChI is InChI=1S/C27H20F13NO3/c28-23(29,25(33,34)26(35,36)37)18-6-1-4-16(10-18)13-41(14-22(42)24(30,31)32)19-7-3-8-20(12-19)43-15-17-5-2-9-21(11-17)44-27(38,39)40/h1-12,22,42H,13-15H2. The fourth-order valence-electron chi connectivity index (χ4n) is 3.79. The highest BCUT2D eigenvalue weighted by Gasteiger charge is 2.73. The SMILES string of the molecule is OC(CN(Cc1cccc(C(F)(F)C(F)(F)C(F)(F)F)c1)c1cccc(OCc2cccc(OC(F)(F)F)c2)c1)C(F)(F)F. The Hall–Kier alpha value is -3.89. The molecular formula is C27H20F13NO3.